The molecule has 25 heteroatoms. The lowest BCUT2D eigenvalue weighted by Crippen LogP contribution is -2.31. The van der Waals surface area contributed by atoms with Crippen LogP contribution in [-0.4, -0.2) is 99.6 Å². The molecule has 488 valence electrons. The number of sulfonamides is 2. The van der Waals surface area contributed by atoms with Crippen molar-refractivity contribution in [2.45, 2.75) is 157 Å². The van der Waals surface area contributed by atoms with E-state index in [1.54, 1.807) is 54.9 Å². The molecule has 2 saturated carbocycles. The molecule has 6 aromatic heterocycles. The molecule has 2 atom stereocenters. The zero-order chi connectivity index (χ0) is 65.4. The zero-order valence-corrected chi connectivity index (χ0v) is 56.7. The van der Waals surface area contributed by atoms with Crippen LogP contribution in [0, 0.1) is 58.2 Å². The number of pyridine rings is 4. The van der Waals surface area contributed by atoms with Crippen molar-refractivity contribution in [1.82, 2.24) is 44.2 Å². The molecular weight excluding hydrogens is 1220 g/mol. The van der Waals surface area contributed by atoms with Crippen LogP contribution < -0.4 is 30.0 Å². The van der Waals surface area contributed by atoms with Gasteiger partial charge in [0.1, 0.15) is 21.9 Å². The number of rotatable bonds is 27. The predicted octanol–water partition coefficient (Wildman–Crippen LogP) is 13.4. The van der Waals surface area contributed by atoms with Crippen molar-refractivity contribution >= 4 is 66.8 Å². The van der Waals surface area contributed by atoms with Gasteiger partial charge in [-0.05, 0) is 171 Å². The minimum absolute atomic E-state index is 0.0410. The highest BCUT2D eigenvalue weighted by Gasteiger charge is 2.32. The fraction of sp³-hybridized carbons (Fsp3) is 0.562. The van der Waals surface area contributed by atoms with Crippen molar-refractivity contribution in [1.29, 1.82) is 0 Å². The maximum absolute atomic E-state index is 13.0. The first-order valence-corrected chi connectivity index (χ1v) is 34.5. The van der Waals surface area contributed by atoms with E-state index in [1.165, 1.54) is 84.6 Å². The number of nitrogens with zero attached hydrogens (tertiary/aromatic N) is 8. The number of aromatic nitrogens is 8. The first-order chi connectivity index (χ1) is 41.8. The average molecular weight is 1310 g/mol. The lowest BCUT2D eigenvalue weighted by atomic mass is 9.86. The lowest BCUT2D eigenvalue weighted by molar-refractivity contribution is 0.0696. The van der Waals surface area contributed by atoms with Crippen LogP contribution in [0.15, 0.2) is 95.2 Å². The first-order valence-electron chi connectivity index (χ1n) is 30.8. The van der Waals surface area contributed by atoms with Crippen LogP contribution in [0.3, 0.4) is 0 Å². The fourth-order valence-electron chi connectivity index (χ4n) is 11.6. The molecule has 2 aliphatic carbocycles. The minimum Gasteiger partial charge on any atom is -0.478 e. The number of nitrogens with two attached hydrogens (primary N) is 1. The monoisotopic (exact) mass is 1310 g/mol. The highest BCUT2D eigenvalue weighted by molar-refractivity contribution is 7.90. The van der Waals surface area contributed by atoms with Crippen molar-refractivity contribution in [3.05, 3.63) is 107 Å². The van der Waals surface area contributed by atoms with Gasteiger partial charge >= 0.3 is 5.97 Å². The van der Waals surface area contributed by atoms with Crippen LogP contribution in [0.5, 0.6) is 11.8 Å². The number of hydrogen-bond donors (Lipinski definition) is 5. The number of carboxylic acid groups (broad SMARTS) is 1. The summed E-state index contributed by atoms with van der Waals surface area (Å²) >= 11 is 12.2. The van der Waals surface area contributed by atoms with Gasteiger partial charge in [0.25, 0.3) is 26.0 Å². The molecule has 89 heavy (non-hydrogen) atoms. The number of halogens is 2. The zero-order valence-electron chi connectivity index (χ0n) is 53.5. The maximum atomic E-state index is 13.0. The van der Waals surface area contributed by atoms with Crippen LogP contribution in [0.2, 0.25) is 10.3 Å². The second kappa shape index (κ2) is 32.1. The molecule has 2 fully saturated rings. The van der Waals surface area contributed by atoms with Gasteiger partial charge in [0.2, 0.25) is 11.8 Å². The standard InChI is InChI=1S/C32H45ClN6O4S.C17H22ClN3O3.C15H25N3O2S/c1-21(2)25(22(3)4)20-43-28-15-18-39(37-28)27-13-12-24(30(33)36-27)31(40)38-44(41,42)29-11-7-10-26(35-29)34-17-8-9-23-14-16-32(5,6)19-23;1-10(2)13(11(3)4)9-24-15-7-8-21(20-15)14-6-5-12(17(22)23)16(18)19-14;1-15(2)9-8-12(11-15)5-4-10-17-13-6-3-7-14(18-13)21(16,19)20/h7,10-13,15,18,21-23,25H,8-9,14,16-17,19-20H2,1-6H3,(H,34,35)(H,38,40);5-8,10-11,13H,9H2,1-4H3,(H,22,23);3,6-7,12H,4-5,8-11H2,1-2H3,(H,17,18)(H2,16,19,20)/t23-;;12-/m1.1/s1. The molecule has 6 heterocycles. The van der Waals surface area contributed by atoms with Crippen molar-refractivity contribution in [2.24, 2.45) is 63.3 Å². The number of aromatic carboxylic acids is 1. The topological polar surface area (TPSA) is 290 Å². The molecule has 1 amide bonds. The molecule has 8 rings (SSSR count). The van der Waals surface area contributed by atoms with Crippen LogP contribution in [0.4, 0.5) is 11.6 Å². The van der Waals surface area contributed by atoms with E-state index >= 15 is 0 Å². The van der Waals surface area contributed by atoms with Gasteiger partial charge in [-0.2, -0.15) is 8.42 Å². The van der Waals surface area contributed by atoms with Crippen LogP contribution >= 0.6 is 23.2 Å². The van der Waals surface area contributed by atoms with E-state index in [2.05, 4.69) is 129 Å². The number of amides is 1. The third kappa shape index (κ3) is 22.2. The largest absolute Gasteiger partial charge is 0.478 e. The van der Waals surface area contributed by atoms with E-state index in [9.17, 15) is 26.4 Å². The van der Waals surface area contributed by atoms with E-state index in [1.807, 2.05) is 0 Å². The number of anilines is 2. The number of hydrogen-bond acceptors (Lipinski definition) is 16. The summed E-state index contributed by atoms with van der Waals surface area (Å²) in [6.07, 6.45) is 15.5. The molecule has 2 aliphatic rings. The molecule has 0 bridgehead atoms. The fourth-order valence-corrected chi connectivity index (χ4v) is 13.5. The highest BCUT2D eigenvalue weighted by Crippen LogP contribution is 2.43. The second-order valence-electron chi connectivity index (χ2n) is 26.3. The third-order valence-electron chi connectivity index (χ3n) is 16.6. The Morgan fingerprint density at radius 3 is 1.42 bits per heavy atom. The van der Waals surface area contributed by atoms with E-state index in [0.717, 1.165) is 37.6 Å². The highest BCUT2D eigenvalue weighted by atomic mass is 35.5. The normalized spacial score (nSPS) is 16.3. The van der Waals surface area contributed by atoms with Crippen molar-refractivity contribution in [3.8, 4) is 23.4 Å². The Kier molecular flexibility index (Phi) is 25.8. The molecule has 0 saturated heterocycles. The molecule has 0 aliphatic heterocycles. The summed E-state index contributed by atoms with van der Waals surface area (Å²) in [5.74, 6) is 5.09. The smallest absolute Gasteiger partial charge is 0.338 e. The van der Waals surface area contributed by atoms with Crippen LogP contribution in [0.25, 0.3) is 11.6 Å². The molecular formula is C64H92Cl2N12O9S2. The Morgan fingerprint density at radius 2 is 1.03 bits per heavy atom. The van der Waals surface area contributed by atoms with E-state index in [0.29, 0.717) is 101 Å². The Bertz CT molecular complexity index is 3510. The lowest BCUT2D eigenvalue weighted by Gasteiger charge is -2.24. The van der Waals surface area contributed by atoms with E-state index in [4.69, 9.17) is 42.9 Å². The average Bonchev–Trinajstić information content (AvgIpc) is 4.13. The van der Waals surface area contributed by atoms with Crippen molar-refractivity contribution < 1.29 is 41.0 Å². The van der Waals surface area contributed by atoms with Gasteiger partial charge in [-0.1, -0.05) is 118 Å². The molecule has 0 radical (unpaired) electrons. The van der Waals surface area contributed by atoms with Gasteiger partial charge in [-0.15, -0.1) is 10.2 Å². The third-order valence-corrected chi connectivity index (χ3v) is 19.2. The summed E-state index contributed by atoms with van der Waals surface area (Å²) < 4.78 is 65.3. The molecule has 21 nitrogen and oxygen atoms in total. The Hall–Kier alpha value is -6.40. The Labute approximate surface area is 536 Å². The first kappa shape index (κ1) is 71.7. The van der Waals surface area contributed by atoms with Gasteiger partial charge in [-0.3, -0.25) is 4.79 Å². The summed E-state index contributed by atoms with van der Waals surface area (Å²) in [7, 11) is -7.99. The van der Waals surface area contributed by atoms with Gasteiger partial charge in [-0.25, -0.2) is 52.4 Å². The molecule has 6 N–H and O–H groups in total. The molecule has 0 aromatic carbocycles. The number of ether oxygens (including phenoxy) is 2. The van der Waals surface area contributed by atoms with E-state index < -0.39 is 31.9 Å². The summed E-state index contributed by atoms with van der Waals surface area (Å²) in [6.45, 7) is 29.4. The molecule has 0 unspecified atom stereocenters. The van der Waals surface area contributed by atoms with Crippen molar-refractivity contribution in [3.63, 3.8) is 0 Å². The quantitative estimate of drug-likeness (QED) is 0.0236. The number of nitrogens with one attached hydrogen (secondary N) is 3. The van der Waals surface area contributed by atoms with Crippen molar-refractivity contribution in [2.75, 3.05) is 36.9 Å². The summed E-state index contributed by atoms with van der Waals surface area (Å²) in [5, 5.41) is 28.5. The summed E-state index contributed by atoms with van der Waals surface area (Å²) in [6, 6.07) is 18.8. The van der Waals surface area contributed by atoms with Gasteiger partial charge in [0.15, 0.2) is 21.7 Å². The number of primary sulfonamides is 1. The van der Waals surface area contributed by atoms with Gasteiger partial charge in [0, 0.05) is 37.6 Å². The maximum Gasteiger partial charge on any atom is 0.338 e. The minimum atomic E-state index is -4.26. The van der Waals surface area contributed by atoms with Crippen LogP contribution in [-0.2, 0) is 20.0 Å². The Balaban J connectivity index is 0.000000235. The SMILES string of the molecule is CC(C)C(COc1ccn(-c2ccc(C(=O)NS(=O)(=O)c3cccc(NCCC[C@@H]4CCC(C)(C)C4)n3)c(Cl)n2)n1)C(C)C.CC(C)C(COc1ccn(-c2ccc(C(=O)O)c(Cl)n2)n1)C(C)C.CC1(C)CC[C@@H](CCCNc2cccc(S(N)(=O)=O)n2)C1. The predicted molar refractivity (Wildman–Crippen MR) is 349 cm³/mol. The van der Waals surface area contributed by atoms with Gasteiger partial charge < -0.3 is 25.2 Å². The Morgan fingerprint density at radius 1 is 0.618 bits per heavy atom. The summed E-state index contributed by atoms with van der Waals surface area (Å²) in [4.78, 5) is 40.4. The number of carbonyl (C=O) groups excluding carboxylic acids is 1. The van der Waals surface area contributed by atoms with Gasteiger partial charge in [0.05, 0.1) is 24.3 Å². The molecule has 6 aromatic rings. The van der Waals surface area contributed by atoms with E-state index in [-0.39, 0.29) is 31.5 Å². The van der Waals surface area contributed by atoms with Crippen LogP contribution in [0.1, 0.15) is 168 Å². The summed E-state index contributed by atoms with van der Waals surface area (Å²) in [5.41, 5.74) is 0.798. The molecule has 0 spiro atoms. The second-order valence-corrected chi connectivity index (χ2v) is 30.2. The number of carboxylic acids is 1. The number of carbonyl (C=O) groups is 2.